The summed E-state index contributed by atoms with van der Waals surface area (Å²) in [6, 6.07) is 6.26. The molecule has 9 heteroatoms. The Morgan fingerprint density at radius 3 is 2.19 bits per heavy atom. The number of aryl methyl sites for hydroxylation is 1. The van der Waals surface area contributed by atoms with Crippen molar-refractivity contribution in [1.29, 1.82) is 0 Å². The maximum absolute atomic E-state index is 13.2. The zero-order valence-corrected chi connectivity index (χ0v) is 16.5. The molecule has 1 amide bonds. The van der Waals surface area contributed by atoms with Crippen molar-refractivity contribution in [2.75, 3.05) is 59.4 Å². The van der Waals surface area contributed by atoms with Gasteiger partial charge in [0.25, 0.3) is 10.2 Å². The summed E-state index contributed by atoms with van der Waals surface area (Å²) in [6.45, 7) is 3.91. The molecule has 7 nitrogen and oxygen atoms in total. The second kappa shape index (κ2) is 8.64. The first-order chi connectivity index (χ1) is 12.9. The fourth-order valence-corrected chi connectivity index (χ4v) is 5.03. The van der Waals surface area contributed by atoms with Gasteiger partial charge in [0.05, 0.1) is 0 Å². The molecule has 150 valence electrons. The molecule has 2 aliphatic heterocycles. The number of benzene rings is 1. The van der Waals surface area contributed by atoms with Crippen LogP contribution in [-0.2, 0) is 21.4 Å². The fraction of sp³-hybridized carbons (Fsp3) is 0.611. The molecule has 0 atom stereocenters. The maximum atomic E-state index is 13.2. The summed E-state index contributed by atoms with van der Waals surface area (Å²) in [4.78, 5) is 16.2. The van der Waals surface area contributed by atoms with Crippen molar-refractivity contribution in [3.8, 4) is 0 Å². The van der Waals surface area contributed by atoms with Crippen LogP contribution >= 0.6 is 0 Å². The number of likely N-dealkylation sites (N-methyl/N-ethyl adjacent to an activating group) is 1. The van der Waals surface area contributed by atoms with Crippen molar-refractivity contribution in [2.45, 2.75) is 12.8 Å². The lowest BCUT2D eigenvalue weighted by molar-refractivity contribution is -0.132. The molecular formula is C18H27FN4O3S. The van der Waals surface area contributed by atoms with Crippen LogP contribution in [0.3, 0.4) is 0 Å². The minimum atomic E-state index is -3.46. The Labute approximate surface area is 160 Å². The lowest BCUT2D eigenvalue weighted by Gasteiger charge is -2.39. The fourth-order valence-electron chi connectivity index (χ4n) is 3.45. The van der Waals surface area contributed by atoms with E-state index in [2.05, 4.69) is 4.90 Å². The summed E-state index contributed by atoms with van der Waals surface area (Å²) in [7, 11) is -1.47. The average Bonchev–Trinajstić information content (AvgIpc) is 2.66. The van der Waals surface area contributed by atoms with Crippen LogP contribution in [-0.4, -0.2) is 92.1 Å². The molecule has 27 heavy (non-hydrogen) atoms. The van der Waals surface area contributed by atoms with E-state index in [-0.39, 0.29) is 11.7 Å². The van der Waals surface area contributed by atoms with Gasteiger partial charge in [0.2, 0.25) is 5.91 Å². The molecule has 3 rings (SSSR count). The van der Waals surface area contributed by atoms with Crippen molar-refractivity contribution in [3.05, 3.63) is 35.6 Å². The van der Waals surface area contributed by atoms with Crippen molar-refractivity contribution < 1.29 is 17.6 Å². The summed E-state index contributed by atoms with van der Waals surface area (Å²) >= 11 is 0. The summed E-state index contributed by atoms with van der Waals surface area (Å²) < 4.78 is 41.8. The molecule has 0 radical (unpaired) electrons. The summed E-state index contributed by atoms with van der Waals surface area (Å²) in [6.07, 6.45) is 0.783. The number of nitrogens with zero attached hydrogens (tertiary/aromatic N) is 4. The van der Waals surface area contributed by atoms with Crippen molar-refractivity contribution in [2.24, 2.45) is 0 Å². The lowest BCUT2D eigenvalue weighted by atomic mass is 10.1. The number of carbonyl (C=O) groups is 1. The molecule has 0 spiro atoms. The van der Waals surface area contributed by atoms with Gasteiger partial charge in [-0.25, -0.2) is 4.39 Å². The van der Waals surface area contributed by atoms with Crippen molar-refractivity contribution in [1.82, 2.24) is 18.4 Å². The van der Waals surface area contributed by atoms with Crippen LogP contribution in [0.15, 0.2) is 24.3 Å². The average molecular weight is 399 g/mol. The zero-order valence-electron chi connectivity index (χ0n) is 15.7. The first kappa shape index (κ1) is 20.2. The molecule has 2 aliphatic rings. The number of hydrogen-bond acceptors (Lipinski definition) is 4. The van der Waals surface area contributed by atoms with Crippen LogP contribution in [0.2, 0.25) is 0 Å². The van der Waals surface area contributed by atoms with E-state index in [0.717, 1.165) is 18.7 Å². The van der Waals surface area contributed by atoms with Gasteiger partial charge in [-0.15, -0.1) is 0 Å². The zero-order chi connectivity index (χ0) is 19.4. The van der Waals surface area contributed by atoms with Gasteiger partial charge in [0, 0.05) is 58.8 Å². The maximum Gasteiger partial charge on any atom is 0.282 e. The third kappa shape index (κ3) is 5.04. The summed E-state index contributed by atoms with van der Waals surface area (Å²) in [5.74, 6) is -0.321. The van der Waals surface area contributed by atoms with Crippen molar-refractivity contribution >= 4 is 16.1 Å². The molecule has 2 fully saturated rings. The molecule has 0 bridgehead atoms. The molecule has 2 heterocycles. The van der Waals surface area contributed by atoms with Crippen LogP contribution in [0.25, 0.3) is 0 Å². The highest BCUT2D eigenvalue weighted by Gasteiger charge is 2.34. The Hall–Kier alpha value is -1.55. The van der Waals surface area contributed by atoms with Gasteiger partial charge in [-0.2, -0.15) is 17.0 Å². The molecule has 0 aromatic heterocycles. The van der Waals surface area contributed by atoms with Crippen LogP contribution in [0.5, 0.6) is 0 Å². The lowest BCUT2D eigenvalue weighted by Crippen LogP contribution is -2.57. The third-order valence-corrected chi connectivity index (χ3v) is 7.26. The Morgan fingerprint density at radius 2 is 1.59 bits per heavy atom. The quantitative estimate of drug-likeness (QED) is 0.720. The number of rotatable bonds is 5. The largest absolute Gasteiger partial charge is 0.340 e. The minimum Gasteiger partial charge on any atom is -0.340 e. The molecule has 0 N–H and O–H groups in total. The standard InChI is InChI=1S/C18H27FN4O3S/c1-20-7-11-22(12-8-20)27(25,26)23-13-9-21(10-14-23)18(24)6-5-16-3-2-4-17(19)15-16/h2-4,15H,5-14H2,1H3. The van der Waals surface area contributed by atoms with Crippen LogP contribution in [0.4, 0.5) is 4.39 Å². The van der Waals surface area contributed by atoms with E-state index >= 15 is 0 Å². The van der Waals surface area contributed by atoms with E-state index < -0.39 is 10.2 Å². The van der Waals surface area contributed by atoms with Crippen LogP contribution < -0.4 is 0 Å². The smallest absolute Gasteiger partial charge is 0.282 e. The number of hydrogen-bond donors (Lipinski definition) is 0. The topological polar surface area (TPSA) is 64.2 Å². The number of carbonyl (C=O) groups excluding carboxylic acids is 1. The molecule has 0 saturated carbocycles. The van der Waals surface area contributed by atoms with Crippen LogP contribution in [0.1, 0.15) is 12.0 Å². The van der Waals surface area contributed by atoms with E-state index in [9.17, 15) is 17.6 Å². The number of piperazine rings is 2. The number of halogens is 1. The van der Waals surface area contributed by atoms with E-state index in [0.29, 0.717) is 52.1 Å². The molecule has 0 unspecified atom stereocenters. The Morgan fingerprint density at radius 1 is 1.00 bits per heavy atom. The first-order valence-corrected chi connectivity index (χ1v) is 10.7. The molecule has 1 aromatic rings. The van der Waals surface area contributed by atoms with Gasteiger partial charge in [0.15, 0.2) is 0 Å². The normalized spacial score (nSPS) is 20.7. The third-order valence-electron chi connectivity index (χ3n) is 5.22. The summed E-state index contributed by atoms with van der Waals surface area (Å²) in [5, 5.41) is 0. The highest BCUT2D eigenvalue weighted by Crippen LogP contribution is 2.15. The Kier molecular flexibility index (Phi) is 6.46. The van der Waals surface area contributed by atoms with E-state index in [4.69, 9.17) is 0 Å². The Bertz CT molecular complexity index is 758. The van der Waals surface area contributed by atoms with Gasteiger partial charge in [-0.1, -0.05) is 12.1 Å². The van der Waals surface area contributed by atoms with E-state index in [1.165, 1.54) is 20.7 Å². The van der Waals surface area contributed by atoms with Crippen LogP contribution in [0, 0.1) is 5.82 Å². The van der Waals surface area contributed by atoms with Gasteiger partial charge in [-0.05, 0) is 31.2 Å². The second-order valence-electron chi connectivity index (χ2n) is 7.12. The SMILES string of the molecule is CN1CCN(S(=O)(=O)N2CCN(C(=O)CCc3cccc(F)c3)CC2)CC1. The van der Waals surface area contributed by atoms with E-state index in [1.807, 2.05) is 7.05 Å². The molecule has 1 aromatic carbocycles. The Balaban J connectivity index is 1.48. The van der Waals surface area contributed by atoms with Gasteiger partial charge in [0.1, 0.15) is 5.82 Å². The van der Waals surface area contributed by atoms with E-state index in [1.54, 1.807) is 17.0 Å². The van der Waals surface area contributed by atoms with Gasteiger partial charge >= 0.3 is 0 Å². The molecular weight excluding hydrogens is 371 g/mol. The van der Waals surface area contributed by atoms with Gasteiger partial charge < -0.3 is 9.80 Å². The molecule has 2 saturated heterocycles. The summed E-state index contributed by atoms with van der Waals surface area (Å²) in [5.41, 5.74) is 0.791. The highest BCUT2D eigenvalue weighted by atomic mass is 32.2. The monoisotopic (exact) mass is 398 g/mol. The van der Waals surface area contributed by atoms with Crippen molar-refractivity contribution in [3.63, 3.8) is 0 Å². The molecule has 0 aliphatic carbocycles. The second-order valence-corrected chi connectivity index (χ2v) is 9.05. The highest BCUT2D eigenvalue weighted by molar-refractivity contribution is 7.86. The predicted molar refractivity (Wildman–Crippen MR) is 101 cm³/mol. The minimum absolute atomic E-state index is 0.0177. The van der Waals surface area contributed by atoms with Gasteiger partial charge in [-0.3, -0.25) is 4.79 Å². The number of amides is 1. The first-order valence-electron chi connectivity index (χ1n) is 9.32. The predicted octanol–water partition coefficient (Wildman–Crippen LogP) is 0.395.